The lowest BCUT2D eigenvalue weighted by atomic mass is 10.3. The molecule has 120 valence electrons. The number of sulfonamides is 1. The third kappa shape index (κ3) is 3.09. The molecule has 22 heavy (non-hydrogen) atoms. The first kappa shape index (κ1) is 16.4. The Morgan fingerprint density at radius 1 is 1.14 bits per heavy atom. The van der Waals surface area contributed by atoms with Gasteiger partial charge < -0.3 is 4.74 Å². The second-order valence-corrected chi connectivity index (χ2v) is 6.39. The molecule has 0 aliphatic rings. The normalized spacial score (nSPS) is 11.4. The van der Waals surface area contributed by atoms with Gasteiger partial charge in [0.15, 0.2) is 5.03 Å². The van der Waals surface area contributed by atoms with Crippen LogP contribution in [0.15, 0.2) is 41.6 Å². The Kier molecular flexibility index (Phi) is 5.07. The highest BCUT2D eigenvalue weighted by molar-refractivity contribution is 7.92. The van der Waals surface area contributed by atoms with Gasteiger partial charge in [0.05, 0.1) is 18.5 Å². The Morgan fingerprint density at radius 2 is 1.82 bits per heavy atom. The van der Waals surface area contributed by atoms with Crippen LogP contribution < -0.4 is 9.04 Å². The SMILES string of the molecule is CCOc1ccc(N(CC)S(=O)(=O)c2ccnn2CC)cc1. The van der Waals surface area contributed by atoms with E-state index in [1.807, 2.05) is 13.8 Å². The third-order valence-electron chi connectivity index (χ3n) is 3.25. The van der Waals surface area contributed by atoms with Crippen LogP contribution >= 0.6 is 0 Å². The van der Waals surface area contributed by atoms with E-state index in [9.17, 15) is 8.42 Å². The maximum atomic E-state index is 12.8. The lowest BCUT2D eigenvalue weighted by molar-refractivity contribution is 0.340. The summed E-state index contributed by atoms with van der Waals surface area (Å²) in [7, 11) is -3.64. The van der Waals surface area contributed by atoms with E-state index in [-0.39, 0.29) is 5.03 Å². The standard InChI is InChI=1S/C15H21N3O3S/c1-4-17-15(11-12-16-17)22(19,20)18(5-2)13-7-9-14(10-8-13)21-6-3/h7-12H,4-6H2,1-3H3. The molecule has 0 radical (unpaired) electrons. The summed E-state index contributed by atoms with van der Waals surface area (Å²) in [5.41, 5.74) is 0.606. The van der Waals surface area contributed by atoms with Crippen molar-refractivity contribution >= 4 is 15.7 Å². The first-order chi connectivity index (χ1) is 10.5. The van der Waals surface area contributed by atoms with E-state index in [4.69, 9.17) is 4.74 Å². The molecule has 0 atom stereocenters. The van der Waals surface area contributed by atoms with Crippen molar-refractivity contribution in [2.75, 3.05) is 17.5 Å². The molecule has 2 rings (SSSR count). The molecule has 0 spiro atoms. The zero-order valence-electron chi connectivity index (χ0n) is 13.1. The molecular weight excluding hydrogens is 302 g/mol. The quantitative estimate of drug-likeness (QED) is 0.785. The van der Waals surface area contributed by atoms with E-state index in [0.717, 1.165) is 5.75 Å². The summed E-state index contributed by atoms with van der Waals surface area (Å²) in [6.45, 7) is 6.99. The topological polar surface area (TPSA) is 64.4 Å². The third-order valence-corrected chi connectivity index (χ3v) is 5.18. The van der Waals surface area contributed by atoms with Gasteiger partial charge in [-0.3, -0.25) is 8.99 Å². The highest BCUT2D eigenvalue weighted by Gasteiger charge is 2.26. The predicted octanol–water partition coefficient (Wildman–Crippen LogP) is 2.52. The molecule has 0 saturated carbocycles. The number of ether oxygens (including phenoxy) is 1. The van der Waals surface area contributed by atoms with E-state index in [1.54, 1.807) is 31.2 Å². The summed E-state index contributed by atoms with van der Waals surface area (Å²) in [6.07, 6.45) is 1.50. The molecule has 0 bridgehead atoms. The molecular formula is C15H21N3O3S. The number of hydrogen-bond acceptors (Lipinski definition) is 4. The van der Waals surface area contributed by atoms with E-state index >= 15 is 0 Å². The second-order valence-electron chi connectivity index (χ2n) is 4.58. The Morgan fingerprint density at radius 3 is 2.36 bits per heavy atom. The van der Waals surface area contributed by atoms with E-state index in [2.05, 4.69) is 5.10 Å². The smallest absolute Gasteiger partial charge is 0.281 e. The largest absolute Gasteiger partial charge is 0.494 e. The molecule has 0 fully saturated rings. The Labute approximate surface area is 131 Å². The first-order valence-corrected chi connectivity index (χ1v) is 8.76. The number of anilines is 1. The van der Waals surface area contributed by atoms with Crippen LogP contribution in [0.1, 0.15) is 20.8 Å². The Hall–Kier alpha value is -2.02. The van der Waals surface area contributed by atoms with Gasteiger partial charge in [0.25, 0.3) is 10.0 Å². The van der Waals surface area contributed by atoms with Gasteiger partial charge in [0.2, 0.25) is 0 Å². The molecule has 0 saturated heterocycles. The minimum absolute atomic E-state index is 0.200. The summed E-state index contributed by atoms with van der Waals surface area (Å²) in [5.74, 6) is 0.721. The van der Waals surface area contributed by atoms with Gasteiger partial charge in [0, 0.05) is 13.1 Å². The molecule has 0 unspecified atom stereocenters. The fourth-order valence-electron chi connectivity index (χ4n) is 2.26. The maximum Gasteiger partial charge on any atom is 0.281 e. The molecule has 7 heteroatoms. The van der Waals surface area contributed by atoms with Crippen molar-refractivity contribution in [1.82, 2.24) is 9.78 Å². The van der Waals surface area contributed by atoms with Crippen LogP contribution in [0.5, 0.6) is 5.75 Å². The second kappa shape index (κ2) is 6.83. The molecule has 0 amide bonds. The predicted molar refractivity (Wildman–Crippen MR) is 85.7 cm³/mol. The van der Waals surface area contributed by atoms with Crippen molar-refractivity contribution in [2.24, 2.45) is 0 Å². The lowest BCUT2D eigenvalue weighted by Gasteiger charge is -2.23. The van der Waals surface area contributed by atoms with Gasteiger partial charge in [-0.05, 0) is 51.1 Å². The van der Waals surface area contributed by atoms with Crippen molar-refractivity contribution in [1.29, 1.82) is 0 Å². The lowest BCUT2D eigenvalue weighted by Crippen LogP contribution is -2.32. The summed E-state index contributed by atoms with van der Waals surface area (Å²) < 4.78 is 33.9. The summed E-state index contributed by atoms with van der Waals surface area (Å²) in [6, 6.07) is 8.57. The minimum atomic E-state index is -3.64. The number of aryl methyl sites for hydroxylation is 1. The molecule has 1 heterocycles. The number of nitrogens with zero attached hydrogens (tertiary/aromatic N) is 3. The van der Waals surface area contributed by atoms with E-state index in [0.29, 0.717) is 25.4 Å². The average Bonchev–Trinajstić information content (AvgIpc) is 2.99. The minimum Gasteiger partial charge on any atom is -0.494 e. The highest BCUT2D eigenvalue weighted by Crippen LogP contribution is 2.25. The number of hydrogen-bond donors (Lipinski definition) is 0. The van der Waals surface area contributed by atoms with Crippen molar-refractivity contribution in [3.05, 3.63) is 36.5 Å². The summed E-state index contributed by atoms with van der Waals surface area (Å²) in [5, 5.41) is 4.24. The van der Waals surface area contributed by atoms with Crippen LogP contribution in [0.2, 0.25) is 0 Å². The fourth-order valence-corrected chi connectivity index (χ4v) is 3.90. The molecule has 0 aliphatic carbocycles. The highest BCUT2D eigenvalue weighted by atomic mass is 32.2. The molecule has 2 aromatic rings. The van der Waals surface area contributed by atoms with Crippen LogP contribution in [0.4, 0.5) is 5.69 Å². The molecule has 0 aliphatic heterocycles. The van der Waals surface area contributed by atoms with Crippen molar-refractivity contribution in [3.63, 3.8) is 0 Å². The fraction of sp³-hybridized carbons (Fsp3) is 0.400. The zero-order valence-corrected chi connectivity index (χ0v) is 13.9. The van der Waals surface area contributed by atoms with Gasteiger partial charge in [0.1, 0.15) is 5.75 Å². The van der Waals surface area contributed by atoms with Gasteiger partial charge >= 0.3 is 0 Å². The van der Waals surface area contributed by atoms with Crippen LogP contribution in [-0.2, 0) is 16.6 Å². The molecule has 0 N–H and O–H groups in total. The Balaban J connectivity index is 2.38. The van der Waals surface area contributed by atoms with Crippen LogP contribution in [-0.4, -0.2) is 31.3 Å². The average molecular weight is 323 g/mol. The van der Waals surface area contributed by atoms with Crippen LogP contribution in [0.25, 0.3) is 0 Å². The Bertz CT molecular complexity index is 708. The van der Waals surface area contributed by atoms with Gasteiger partial charge in [-0.15, -0.1) is 0 Å². The summed E-state index contributed by atoms with van der Waals surface area (Å²) >= 11 is 0. The first-order valence-electron chi connectivity index (χ1n) is 7.32. The monoisotopic (exact) mass is 323 g/mol. The maximum absolute atomic E-state index is 12.8. The molecule has 6 nitrogen and oxygen atoms in total. The number of aromatic nitrogens is 2. The van der Waals surface area contributed by atoms with Gasteiger partial charge in [-0.2, -0.15) is 13.5 Å². The zero-order chi connectivity index (χ0) is 16.2. The molecule has 1 aromatic carbocycles. The van der Waals surface area contributed by atoms with Crippen molar-refractivity contribution in [3.8, 4) is 5.75 Å². The van der Waals surface area contributed by atoms with Crippen molar-refractivity contribution in [2.45, 2.75) is 32.3 Å². The van der Waals surface area contributed by atoms with Gasteiger partial charge in [-0.25, -0.2) is 0 Å². The number of rotatable bonds is 7. The van der Waals surface area contributed by atoms with Crippen LogP contribution in [0.3, 0.4) is 0 Å². The van der Waals surface area contributed by atoms with E-state index in [1.165, 1.54) is 21.3 Å². The van der Waals surface area contributed by atoms with Crippen molar-refractivity contribution < 1.29 is 13.2 Å². The summed E-state index contributed by atoms with van der Waals surface area (Å²) in [4.78, 5) is 0. The number of benzene rings is 1. The van der Waals surface area contributed by atoms with Gasteiger partial charge in [-0.1, -0.05) is 0 Å². The molecule has 1 aromatic heterocycles. The van der Waals surface area contributed by atoms with E-state index < -0.39 is 10.0 Å². The van der Waals surface area contributed by atoms with Crippen LogP contribution in [0, 0.1) is 0 Å².